The van der Waals surface area contributed by atoms with Gasteiger partial charge in [0, 0.05) is 26.2 Å². The van der Waals surface area contributed by atoms with Gasteiger partial charge in [0.1, 0.15) is 12.2 Å². The van der Waals surface area contributed by atoms with Crippen LogP contribution in [0.5, 0.6) is 0 Å². The van der Waals surface area contributed by atoms with E-state index >= 15 is 0 Å². The summed E-state index contributed by atoms with van der Waals surface area (Å²) in [7, 11) is 1.96. The Morgan fingerprint density at radius 3 is 2.89 bits per heavy atom. The molecule has 2 atom stereocenters. The molecule has 2 rings (SSSR count). The predicted molar refractivity (Wildman–Crippen MR) is 72.1 cm³/mol. The molecule has 0 amide bonds. The van der Waals surface area contributed by atoms with E-state index in [1.807, 2.05) is 11.7 Å². The molecule has 5 heteroatoms. The first kappa shape index (κ1) is 13.5. The van der Waals surface area contributed by atoms with Gasteiger partial charge in [-0.1, -0.05) is 20.3 Å². The highest BCUT2D eigenvalue weighted by Gasteiger charge is 2.27. The first-order valence-corrected chi connectivity index (χ1v) is 7.03. The van der Waals surface area contributed by atoms with Crippen molar-refractivity contribution in [2.45, 2.75) is 39.3 Å². The Kier molecular flexibility index (Phi) is 4.72. The number of piperidine rings is 1. The highest BCUT2D eigenvalue weighted by Crippen LogP contribution is 2.21. The number of hydrogen-bond donors (Lipinski definition) is 1. The maximum Gasteiger partial charge on any atom is 0.140 e. The van der Waals surface area contributed by atoms with Crippen molar-refractivity contribution in [3.63, 3.8) is 0 Å². The zero-order valence-electron chi connectivity index (χ0n) is 11.8. The zero-order chi connectivity index (χ0) is 13.0. The van der Waals surface area contributed by atoms with E-state index in [2.05, 4.69) is 34.1 Å². The molecule has 0 aliphatic carbocycles. The third-order valence-electron chi connectivity index (χ3n) is 3.98. The van der Waals surface area contributed by atoms with Crippen molar-refractivity contribution in [3.8, 4) is 0 Å². The minimum Gasteiger partial charge on any atom is -0.314 e. The smallest absolute Gasteiger partial charge is 0.140 e. The third-order valence-corrected chi connectivity index (χ3v) is 3.98. The Bertz CT molecular complexity index is 362. The zero-order valence-corrected chi connectivity index (χ0v) is 11.8. The number of aryl methyl sites for hydroxylation is 1. The fraction of sp³-hybridized carbons (Fsp3) is 0.846. The van der Waals surface area contributed by atoms with Crippen molar-refractivity contribution in [1.29, 1.82) is 0 Å². The lowest BCUT2D eigenvalue weighted by Gasteiger charge is -2.38. The molecule has 102 valence electrons. The van der Waals surface area contributed by atoms with Crippen LogP contribution in [0.1, 0.15) is 32.5 Å². The van der Waals surface area contributed by atoms with Crippen molar-refractivity contribution in [2.24, 2.45) is 13.0 Å². The molecular weight excluding hydrogens is 226 g/mol. The highest BCUT2D eigenvalue weighted by atomic mass is 15.3. The fourth-order valence-electron chi connectivity index (χ4n) is 2.86. The molecule has 1 N–H and O–H groups in total. The van der Waals surface area contributed by atoms with Gasteiger partial charge in [-0.05, 0) is 18.9 Å². The number of nitrogens with zero attached hydrogens (tertiary/aromatic N) is 4. The second-order valence-corrected chi connectivity index (χ2v) is 5.16. The van der Waals surface area contributed by atoms with E-state index in [9.17, 15) is 0 Å². The lowest BCUT2D eigenvalue weighted by atomic mass is 9.90. The summed E-state index contributed by atoms with van der Waals surface area (Å²) in [4.78, 5) is 6.82. The summed E-state index contributed by atoms with van der Waals surface area (Å²) in [6, 6.07) is 0.691. The minimum absolute atomic E-state index is 0.691. The summed E-state index contributed by atoms with van der Waals surface area (Å²) in [6.07, 6.45) is 4.12. The average Bonchev–Trinajstić information content (AvgIpc) is 2.77. The quantitative estimate of drug-likeness (QED) is 0.849. The Hall–Kier alpha value is -0.940. The molecule has 0 radical (unpaired) electrons. The average molecular weight is 251 g/mol. The third kappa shape index (κ3) is 3.09. The van der Waals surface area contributed by atoms with Gasteiger partial charge in [0.25, 0.3) is 0 Å². The summed E-state index contributed by atoms with van der Waals surface area (Å²) in [5.41, 5.74) is 0. The van der Waals surface area contributed by atoms with Gasteiger partial charge in [-0.3, -0.25) is 9.58 Å². The van der Waals surface area contributed by atoms with Crippen LogP contribution in [0.25, 0.3) is 0 Å². The fourth-order valence-corrected chi connectivity index (χ4v) is 2.86. The highest BCUT2D eigenvalue weighted by molar-refractivity contribution is 4.89. The number of hydrogen-bond acceptors (Lipinski definition) is 4. The molecule has 0 saturated carbocycles. The Morgan fingerprint density at radius 2 is 2.28 bits per heavy atom. The van der Waals surface area contributed by atoms with Crippen molar-refractivity contribution in [3.05, 3.63) is 12.2 Å². The molecule has 1 aromatic heterocycles. The Balaban J connectivity index is 1.91. The van der Waals surface area contributed by atoms with Gasteiger partial charge in [0.15, 0.2) is 0 Å². The lowest BCUT2D eigenvalue weighted by Crippen LogP contribution is -2.49. The minimum atomic E-state index is 0.691. The summed E-state index contributed by atoms with van der Waals surface area (Å²) in [6.45, 7) is 8.80. The number of aromatic nitrogens is 3. The van der Waals surface area contributed by atoms with E-state index in [0.29, 0.717) is 6.04 Å². The van der Waals surface area contributed by atoms with E-state index < -0.39 is 0 Å². The molecule has 0 aromatic carbocycles. The number of rotatable bonds is 5. The molecule has 1 aliphatic heterocycles. The van der Waals surface area contributed by atoms with Crippen molar-refractivity contribution >= 4 is 0 Å². The van der Waals surface area contributed by atoms with Crippen molar-refractivity contribution < 1.29 is 0 Å². The molecule has 1 saturated heterocycles. The van der Waals surface area contributed by atoms with E-state index in [1.165, 1.54) is 19.4 Å². The van der Waals surface area contributed by atoms with Crippen LogP contribution in [-0.4, -0.2) is 45.3 Å². The molecule has 2 unspecified atom stereocenters. The van der Waals surface area contributed by atoms with E-state index in [4.69, 9.17) is 0 Å². The predicted octanol–water partition coefficient (Wildman–Crippen LogP) is 1.03. The van der Waals surface area contributed by atoms with Crippen LogP contribution >= 0.6 is 0 Å². The molecule has 1 aromatic rings. The second-order valence-electron chi connectivity index (χ2n) is 5.16. The Labute approximate surface area is 110 Å². The summed E-state index contributed by atoms with van der Waals surface area (Å²) in [5.74, 6) is 1.82. The summed E-state index contributed by atoms with van der Waals surface area (Å²) < 4.78 is 1.87. The van der Waals surface area contributed by atoms with Crippen LogP contribution in [0.2, 0.25) is 0 Å². The molecule has 18 heavy (non-hydrogen) atoms. The molecule has 1 aliphatic rings. The molecule has 0 spiro atoms. The normalized spacial score (nSPS) is 25.5. The van der Waals surface area contributed by atoms with Crippen LogP contribution in [0.3, 0.4) is 0 Å². The van der Waals surface area contributed by atoms with Crippen LogP contribution in [0.15, 0.2) is 6.33 Å². The summed E-state index contributed by atoms with van der Waals surface area (Å²) in [5, 5.41) is 7.75. The van der Waals surface area contributed by atoms with Crippen LogP contribution in [0, 0.1) is 5.92 Å². The molecule has 0 bridgehead atoms. The van der Waals surface area contributed by atoms with E-state index in [-0.39, 0.29) is 0 Å². The number of nitrogens with one attached hydrogen (secondary N) is 1. The van der Waals surface area contributed by atoms with E-state index in [0.717, 1.165) is 31.4 Å². The summed E-state index contributed by atoms with van der Waals surface area (Å²) >= 11 is 0. The molecular formula is C13H25N5. The van der Waals surface area contributed by atoms with Crippen LogP contribution in [-0.2, 0) is 13.6 Å². The first-order valence-electron chi connectivity index (χ1n) is 7.03. The first-order chi connectivity index (χ1) is 8.74. The van der Waals surface area contributed by atoms with Crippen LogP contribution in [0.4, 0.5) is 0 Å². The SMILES string of the molecule is CCNC1CCN(Cc2ncnn2C)CC1CC. The largest absolute Gasteiger partial charge is 0.314 e. The van der Waals surface area contributed by atoms with Gasteiger partial charge in [-0.2, -0.15) is 5.10 Å². The maximum atomic E-state index is 4.31. The van der Waals surface area contributed by atoms with Gasteiger partial charge < -0.3 is 5.32 Å². The number of likely N-dealkylation sites (tertiary alicyclic amines) is 1. The van der Waals surface area contributed by atoms with Crippen LogP contribution < -0.4 is 5.32 Å². The standard InChI is InChI=1S/C13H25N5/c1-4-11-8-18(7-6-12(11)14-5-2)9-13-15-10-16-17(13)3/h10-12,14H,4-9H2,1-3H3. The Morgan fingerprint density at radius 1 is 1.44 bits per heavy atom. The maximum absolute atomic E-state index is 4.31. The second kappa shape index (κ2) is 6.29. The van der Waals surface area contributed by atoms with Gasteiger partial charge >= 0.3 is 0 Å². The van der Waals surface area contributed by atoms with Gasteiger partial charge in [-0.15, -0.1) is 0 Å². The van der Waals surface area contributed by atoms with Gasteiger partial charge in [-0.25, -0.2) is 4.98 Å². The molecule has 2 heterocycles. The molecule has 5 nitrogen and oxygen atoms in total. The monoisotopic (exact) mass is 251 g/mol. The van der Waals surface area contributed by atoms with Gasteiger partial charge in [0.2, 0.25) is 0 Å². The van der Waals surface area contributed by atoms with Crippen molar-refractivity contribution in [2.75, 3.05) is 19.6 Å². The topological polar surface area (TPSA) is 46.0 Å². The van der Waals surface area contributed by atoms with Crippen molar-refractivity contribution in [1.82, 2.24) is 25.0 Å². The van der Waals surface area contributed by atoms with E-state index in [1.54, 1.807) is 6.33 Å². The molecule has 1 fully saturated rings. The van der Waals surface area contributed by atoms with Gasteiger partial charge in [0.05, 0.1) is 6.54 Å². The lowest BCUT2D eigenvalue weighted by molar-refractivity contribution is 0.126.